The first kappa shape index (κ1) is 12.5. The number of carbonyl (C=O) groups is 1. The first-order chi connectivity index (χ1) is 6.04. The fourth-order valence-corrected chi connectivity index (χ4v) is 0.799. The lowest BCUT2D eigenvalue weighted by molar-refractivity contribution is -0.139. The van der Waals surface area contributed by atoms with E-state index in [1.807, 2.05) is 0 Å². The van der Waals surface area contributed by atoms with E-state index in [0.29, 0.717) is 0 Å². The van der Waals surface area contributed by atoms with Crippen LogP contribution in [0.25, 0.3) is 0 Å². The van der Waals surface area contributed by atoms with Gasteiger partial charge in [-0.3, -0.25) is 4.79 Å². The van der Waals surface area contributed by atoms with Crippen molar-refractivity contribution < 1.29 is 25.2 Å². The van der Waals surface area contributed by atoms with Crippen molar-refractivity contribution >= 4 is 5.78 Å². The van der Waals surface area contributed by atoms with Crippen molar-refractivity contribution in [1.82, 2.24) is 0 Å². The highest BCUT2D eigenvalue weighted by Crippen LogP contribution is 2.02. The monoisotopic (exact) mass is 193 g/mol. The van der Waals surface area contributed by atoms with Crippen molar-refractivity contribution in [2.75, 3.05) is 13.2 Å². The van der Waals surface area contributed by atoms with Crippen LogP contribution in [0.2, 0.25) is 0 Å². The number of nitrogens with two attached hydrogens (primary N) is 1. The minimum absolute atomic E-state index is 0.0673. The molecule has 0 aromatic heterocycles. The largest absolute Gasteiger partial charge is 0.394 e. The average molecular weight is 193 g/mol. The molecule has 0 saturated heterocycles. The third-order valence-electron chi connectivity index (χ3n) is 1.63. The normalized spacial score (nSPS) is 17.9. The van der Waals surface area contributed by atoms with Gasteiger partial charge in [0.05, 0.1) is 6.61 Å². The van der Waals surface area contributed by atoms with E-state index in [9.17, 15) is 4.79 Å². The van der Waals surface area contributed by atoms with Gasteiger partial charge in [0.1, 0.15) is 18.3 Å². The Bertz CT molecular complexity index is 163. The Labute approximate surface area is 75.6 Å². The fourth-order valence-electron chi connectivity index (χ4n) is 0.799. The zero-order chi connectivity index (χ0) is 10.4. The van der Waals surface area contributed by atoms with Gasteiger partial charge in [-0.05, 0) is 6.54 Å². The summed E-state index contributed by atoms with van der Waals surface area (Å²) in [4.78, 5) is 10.9. The number of hydrogen-bond donors (Lipinski definition) is 5. The Morgan fingerprint density at radius 1 is 1.31 bits per heavy atom. The van der Waals surface area contributed by atoms with Crippen molar-refractivity contribution in [1.29, 1.82) is 0 Å². The van der Waals surface area contributed by atoms with Crippen LogP contribution in [0, 0.1) is 0 Å². The van der Waals surface area contributed by atoms with Crippen molar-refractivity contribution in [3.63, 3.8) is 0 Å². The van der Waals surface area contributed by atoms with Gasteiger partial charge in [0.25, 0.3) is 0 Å². The summed E-state index contributed by atoms with van der Waals surface area (Å²) >= 11 is 0. The third kappa shape index (κ3) is 3.79. The molecule has 0 aromatic carbocycles. The van der Waals surface area contributed by atoms with Gasteiger partial charge in [-0.1, -0.05) is 0 Å². The summed E-state index contributed by atoms with van der Waals surface area (Å²) in [6.07, 6.45) is -4.94. The molecular weight excluding hydrogens is 178 g/mol. The van der Waals surface area contributed by atoms with E-state index < -0.39 is 30.7 Å². The zero-order valence-corrected chi connectivity index (χ0v) is 7.13. The molecule has 3 atom stereocenters. The summed E-state index contributed by atoms with van der Waals surface area (Å²) in [7, 11) is 0. The summed E-state index contributed by atoms with van der Waals surface area (Å²) in [5, 5.41) is 35.4. The molecule has 0 aromatic rings. The number of carbonyl (C=O) groups excluding carboxylic acids is 1. The maximum atomic E-state index is 10.9. The van der Waals surface area contributed by atoms with Crippen LogP contribution >= 0.6 is 0 Å². The highest BCUT2D eigenvalue weighted by atomic mass is 16.4. The Balaban J connectivity index is 4.07. The van der Waals surface area contributed by atoms with E-state index in [4.69, 9.17) is 26.2 Å². The molecule has 6 heteroatoms. The molecule has 0 amide bonds. The second-order valence-electron chi connectivity index (χ2n) is 2.69. The lowest BCUT2D eigenvalue weighted by Gasteiger charge is -2.20. The van der Waals surface area contributed by atoms with Crippen molar-refractivity contribution in [3.05, 3.63) is 0 Å². The molecule has 0 aliphatic heterocycles. The molecule has 6 nitrogen and oxygen atoms in total. The van der Waals surface area contributed by atoms with Gasteiger partial charge >= 0.3 is 0 Å². The number of Topliss-reactive ketones (excluding diaryl/α,β-unsaturated/α-hetero) is 1. The molecule has 0 saturated carbocycles. The molecule has 0 spiro atoms. The molecule has 0 aliphatic rings. The van der Waals surface area contributed by atoms with Crippen molar-refractivity contribution in [3.8, 4) is 0 Å². The van der Waals surface area contributed by atoms with Crippen LogP contribution in [0.15, 0.2) is 0 Å². The number of hydrogen-bond acceptors (Lipinski definition) is 6. The molecular formula is C7H15NO5. The van der Waals surface area contributed by atoms with Gasteiger partial charge in [0.2, 0.25) is 0 Å². The van der Waals surface area contributed by atoms with Gasteiger partial charge in [0, 0.05) is 6.42 Å². The van der Waals surface area contributed by atoms with E-state index in [2.05, 4.69) is 0 Å². The molecule has 0 radical (unpaired) electrons. The smallest absolute Gasteiger partial charge is 0.165 e. The quantitative estimate of drug-likeness (QED) is 0.306. The van der Waals surface area contributed by atoms with E-state index in [0.717, 1.165) is 0 Å². The van der Waals surface area contributed by atoms with E-state index in [-0.39, 0.29) is 13.0 Å². The van der Waals surface area contributed by atoms with E-state index >= 15 is 0 Å². The van der Waals surface area contributed by atoms with Crippen molar-refractivity contribution in [2.45, 2.75) is 24.7 Å². The number of ketones is 1. The second kappa shape index (κ2) is 6.01. The molecule has 0 bridgehead atoms. The van der Waals surface area contributed by atoms with Crippen LogP contribution in [0.3, 0.4) is 0 Å². The van der Waals surface area contributed by atoms with Crippen molar-refractivity contribution in [2.24, 2.45) is 5.73 Å². The standard InChI is InChI=1S/C7H15NO5/c8-2-1-4(10)6(12)7(13)5(11)3-9/h5-7,9,11-13H,1-3,8H2/t5-,6+,7-/m1/s1. The maximum Gasteiger partial charge on any atom is 0.165 e. The third-order valence-corrected chi connectivity index (χ3v) is 1.63. The van der Waals surface area contributed by atoms with Crippen LogP contribution in [0.5, 0.6) is 0 Å². The molecule has 0 rings (SSSR count). The zero-order valence-electron chi connectivity index (χ0n) is 7.13. The molecule has 6 N–H and O–H groups in total. The molecule has 0 aliphatic carbocycles. The summed E-state index contributed by atoms with van der Waals surface area (Å²) in [5.74, 6) is -0.650. The lowest BCUT2D eigenvalue weighted by Crippen LogP contribution is -2.44. The molecule has 78 valence electrons. The van der Waals surface area contributed by atoms with E-state index in [1.165, 1.54) is 0 Å². The van der Waals surface area contributed by atoms with Crippen LogP contribution in [0.4, 0.5) is 0 Å². The van der Waals surface area contributed by atoms with Crippen LogP contribution in [-0.2, 0) is 4.79 Å². The number of rotatable bonds is 6. The first-order valence-electron chi connectivity index (χ1n) is 3.92. The molecule has 13 heavy (non-hydrogen) atoms. The summed E-state index contributed by atoms with van der Waals surface area (Å²) < 4.78 is 0. The Morgan fingerprint density at radius 2 is 1.85 bits per heavy atom. The van der Waals surface area contributed by atoms with Gasteiger partial charge < -0.3 is 26.2 Å². The molecule has 0 fully saturated rings. The molecule has 0 unspecified atom stereocenters. The van der Waals surface area contributed by atoms with Gasteiger partial charge in [-0.2, -0.15) is 0 Å². The lowest BCUT2D eigenvalue weighted by atomic mass is 10.0. The SMILES string of the molecule is NCCC(=O)[C@H](O)[C@H](O)[C@H](O)CO. The summed E-state index contributed by atoms with van der Waals surface area (Å²) in [5.41, 5.74) is 5.05. The second-order valence-corrected chi connectivity index (χ2v) is 2.69. The summed E-state index contributed by atoms with van der Waals surface area (Å²) in [6.45, 7) is -0.647. The van der Waals surface area contributed by atoms with Crippen LogP contribution in [-0.4, -0.2) is 57.7 Å². The first-order valence-corrected chi connectivity index (χ1v) is 3.92. The fraction of sp³-hybridized carbons (Fsp3) is 0.857. The van der Waals surface area contributed by atoms with Gasteiger partial charge in [0.15, 0.2) is 5.78 Å². The van der Waals surface area contributed by atoms with Crippen LogP contribution in [0.1, 0.15) is 6.42 Å². The highest BCUT2D eigenvalue weighted by molar-refractivity contribution is 5.83. The Kier molecular flexibility index (Phi) is 5.76. The maximum absolute atomic E-state index is 10.9. The molecule has 0 heterocycles. The summed E-state index contributed by atoms with van der Waals surface area (Å²) in [6, 6.07) is 0. The predicted molar refractivity (Wildman–Crippen MR) is 43.8 cm³/mol. The Hall–Kier alpha value is -0.530. The van der Waals surface area contributed by atoms with Crippen LogP contribution < -0.4 is 5.73 Å². The van der Waals surface area contributed by atoms with Gasteiger partial charge in [-0.15, -0.1) is 0 Å². The predicted octanol–water partition coefficient (Wildman–Crippen LogP) is -3.02. The minimum Gasteiger partial charge on any atom is -0.394 e. The topological polar surface area (TPSA) is 124 Å². The Morgan fingerprint density at radius 3 is 2.23 bits per heavy atom. The number of aliphatic hydroxyl groups excluding tert-OH is 4. The van der Waals surface area contributed by atoms with E-state index in [1.54, 1.807) is 0 Å². The average Bonchev–Trinajstić information content (AvgIpc) is 2.14. The highest BCUT2D eigenvalue weighted by Gasteiger charge is 2.28. The van der Waals surface area contributed by atoms with Gasteiger partial charge in [-0.25, -0.2) is 0 Å². The number of aliphatic hydroxyl groups is 4. The minimum atomic E-state index is -1.69.